The zero-order chi connectivity index (χ0) is 35.7. The van der Waals surface area contributed by atoms with Crippen molar-refractivity contribution in [1.29, 1.82) is 0 Å². The lowest BCUT2D eigenvalue weighted by Crippen LogP contribution is -2.56. The number of aliphatic hydroxyl groups excluding tert-OH is 1. The number of hydrogen-bond acceptors (Lipinski definition) is 11. The molecule has 0 unspecified atom stereocenters. The fourth-order valence-electron chi connectivity index (χ4n) is 4.34. The number of nitrogens with one attached hydrogen (secondary N) is 7. The Morgan fingerprint density at radius 1 is 0.723 bits per heavy atom. The molecule has 1 rings (SSSR count). The van der Waals surface area contributed by atoms with Crippen molar-refractivity contribution in [3.05, 3.63) is 0 Å². The first kappa shape index (κ1) is 40.2. The highest BCUT2D eigenvalue weighted by molar-refractivity contribution is 5.95. The largest absolute Gasteiger partial charge is 0.481 e. The van der Waals surface area contributed by atoms with E-state index in [2.05, 4.69) is 37.2 Å². The van der Waals surface area contributed by atoms with Crippen LogP contribution in [0.4, 0.5) is 0 Å². The van der Waals surface area contributed by atoms with E-state index in [1.807, 2.05) is 0 Å². The number of amides is 7. The highest BCUT2D eigenvalue weighted by Crippen LogP contribution is 2.07. The van der Waals surface area contributed by atoms with Crippen LogP contribution in [0.5, 0.6) is 0 Å². The van der Waals surface area contributed by atoms with E-state index in [0.29, 0.717) is 0 Å². The summed E-state index contributed by atoms with van der Waals surface area (Å²) in [6, 6.07) is -4.81. The highest BCUT2D eigenvalue weighted by Gasteiger charge is 2.30. The van der Waals surface area contributed by atoms with E-state index in [9.17, 15) is 48.3 Å². The summed E-state index contributed by atoms with van der Waals surface area (Å²) < 4.78 is 0. The van der Waals surface area contributed by atoms with Gasteiger partial charge in [0.05, 0.1) is 25.2 Å². The highest BCUT2D eigenvalue weighted by atomic mass is 16.4. The number of nitrogens with two attached hydrogens (primary N) is 1. The van der Waals surface area contributed by atoms with Crippen molar-refractivity contribution in [2.45, 2.75) is 82.6 Å². The molecule has 0 spiro atoms. The van der Waals surface area contributed by atoms with Crippen molar-refractivity contribution in [1.82, 2.24) is 37.2 Å². The molecule has 12 N–H and O–H groups in total. The summed E-state index contributed by atoms with van der Waals surface area (Å²) in [7, 11) is 0. The van der Waals surface area contributed by atoms with Crippen LogP contribution in [0.15, 0.2) is 0 Å². The Bertz CT molecular complexity index is 1180. The van der Waals surface area contributed by atoms with E-state index in [0.717, 1.165) is 0 Å². The number of rotatable bonds is 21. The van der Waals surface area contributed by atoms with Gasteiger partial charge in [0.25, 0.3) is 0 Å². The van der Waals surface area contributed by atoms with Crippen LogP contribution in [0, 0.1) is 5.92 Å². The van der Waals surface area contributed by atoms with Gasteiger partial charge in [0, 0.05) is 19.4 Å². The van der Waals surface area contributed by atoms with Gasteiger partial charge in [0.2, 0.25) is 41.4 Å². The second-order valence-electron chi connectivity index (χ2n) is 11.3. The van der Waals surface area contributed by atoms with Gasteiger partial charge in [-0.05, 0) is 31.6 Å². The predicted molar refractivity (Wildman–Crippen MR) is 160 cm³/mol. The molecule has 0 aromatic rings. The molecular weight excluding hydrogens is 628 g/mol. The number of β-amino-alcohol motifs (C(OH)–C–C–N with tert-alkyl or cyclic N) is 1. The lowest BCUT2D eigenvalue weighted by atomic mass is 10.0. The molecule has 1 fully saturated rings. The van der Waals surface area contributed by atoms with Gasteiger partial charge < -0.3 is 58.3 Å². The van der Waals surface area contributed by atoms with Crippen LogP contribution in [0.3, 0.4) is 0 Å². The lowest BCUT2D eigenvalue weighted by Gasteiger charge is -2.23. The Kier molecular flexibility index (Phi) is 17.4. The molecule has 5 atom stereocenters. The van der Waals surface area contributed by atoms with E-state index in [4.69, 9.17) is 15.9 Å². The first-order valence-corrected chi connectivity index (χ1v) is 14.8. The quantitative estimate of drug-likeness (QED) is 0.0544. The zero-order valence-electron chi connectivity index (χ0n) is 26.1. The Balaban J connectivity index is 2.89. The molecule has 0 aliphatic carbocycles. The van der Waals surface area contributed by atoms with Gasteiger partial charge >= 0.3 is 11.9 Å². The fourth-order valence-corrected chi connectivity index (χ4v) is 4.34. The average molecular weight is 673 g/mol. The molecule has 1 heterocycles. The van der Waals surface area contributed by atoms with Crippen LogP contribution >= 0.6 is 0 Å². The molecular formula is C27H44N8O12. The molecule has 47 heavy (non-hydrogen) atoms. The number of carbonyl (C=O) groups is 9. The van der Waals surface area contributed by atoms with Crippen LogP contribution in [-0.2, 0) is 43.2 Å². The summed E-state index contributed by atoms with van der Waals surface area (Å²) in [4.78, 5) is 109. The fraction of sp³-hybridized carbons (Fsp3) is 0.667. The average Bonchev–Trinajstić information content (AvgIpc) is 3.42. The summed E-state index contributed by atoms with van der Waals surface area (Å²) in [5, 5.41) is 44.0. The molecule has 7 amide bonds. The molecule has 1 aliphatic heterocycles. The van der Waals surface area contributed by atoms with Gasteiger partial charge in [-0.3, -0.25) is 43.2 Å². The van der Waals surface area contributed by atoms with E-state index < -0.39 is 116 Å². The van der Waals surface area contributed by atoms with Crippen molar-refractivity contribution in [2.24, 2.45) is 11.7 Å². The van der Waals surface area contributed by atoms with Gasteiger partial charge in [-0.1, -0.05) is 13.8 Å². The van der Waals surface area contributed by atoms with Crippen LogP contribution in [-0.4, -0.2) is 125 Å². The van der Waals surface area contributed by atoms with Crippen LogP contribution in [0.25, 0.3) is 0 Å². The zero-order valence-corrected chi connectivity index (χ0v) is 26.1. The Hall–Kier alpha value is -4.85. The molecule has 20 heteroatoms. The van der Waals surface area contributed by atoms with Crippen molar-refractivity contribution < 1.29 is 58.5 Å². The minimum absolute atomic E-state index is 0.0846. The first-order chi connectivity index (χ1) is 22.0. The number of aliphatic hydroxyl groups is 1. The van der Waals surface area contributed by atoms with E-state index >= 15 is 0 Å². The van der Waals surface area contributed by atoms with Gasteiger partial charge in [0.15, 0.2) is 0 Å². The monoisotopic (exact) mass is 672 g/mol. The summed E-state index contributed by atoms with van der Waals surface area (Å²) in [6.45, 7) is 1.77. The second kappa shape index (κ2) is 20.3. The SMILES string of the molecule is CC(C)C[C@H](NC(=O)CNC(=O)[C@H](CCC(=O)O)NC(=O)[C@H](CCC(N)=O)NC(=O)CNC(=O)[C@@H]1C[C@@H](O)CN1)C(=O)NCC(=O)O. The maximum atomic E-state index is 13.1. The molecule has 264 valence electrons. The third-order valence-electron chi connectivity index (χ3n) is 6.65. The predicted octanol–water partition coefficient (Wildman–Crippen LogP) is -5.23. The van der Waals surface area contributed by atoms with Gasteiger partial charge in [-0.15, -0.1) is 0 Å². The Morgan fingerprint density at radius 3 is 1.79 bits per heavy atom. The van der Waals surface area contributed by atoms with Crippen molar-refractivity contribution >= 4 is 53.3 Å². The van der Waals surface area contributed by atoms with Crippen molar-refractivity contribution in [3.8, 4) is 0 Å². The summed E-state index contributed by atoms with van der Waals surface area (Å²) in [5.41, 5.74) is 5.17. The Labute approximate surface area is 269 Å². The Morgan fingerprint density at radius 2 is 1.26 bits per heavy atom. The van der Waals surface area contributed by atoms with Crippen LogP contribution < -0.4 is 43.0 Å². The molecule has 0 saturated carbocycles. The van der Waals surface area contributed by atoms with Crippen molar-refractivity contribution in [3.63, 3.8) is 0 Å². The van der Waals surface area contributed by atoms with Gasteiger partial charge in [0.1, 0.15) is 24.7 Å². The number of carbonyl (C=O) groups excluding carboxylic acids is 7. The van der Waals surface area contributed by atoms with Crippen LogP contribution in [0.1, 0.15) is 52.4 Å². The number of hydrogen-bond donors (Lipinski definition) is 11. The third-order valence-corrected chi connectivity index (χ3v) is 6.65. The molecule has 0 bridgehead atoms. The number of carboxylic acid groups (broad SMARTS) is 2. The summed E-state index contributed by atoms with van der Waals surface area (Å²) in [5.74, 6) is -8.48. The molecule has 1 aliphatic rings. The summed E-state index contributed by atoms with van der Waals surface area (Å²) in [6.07, 6.45) is -2.13. The first-order valence-electron chi connectivity index (χ1n) is 14.8. The maximum absolute atomic E-state index is 13.1. The molecule has 1 saturated heterocycles. The minimum Gasteiger partial charge on any atom is -0.481 e. The van der Waals surface area contributed by atoms with Gasteiger partial charge in [-0.2, -0.15) is 0 Å². The maximum Gasteiger partial charge on any atom is 0.322 e. The van der Waals surface area contributed by atoms with E-state index in [1.165, 1.54) is 0 Å². The normalized spacial score (nSPS) is 17.4. The number of aliphatic carboxylic acids is 2. The second-order valence-corrected chi connectivity index (χ2v) is 11.3. The number of carboxylic acids is 2. The molecule has 20 nitrogen and oxygen atoms in total. The van der Waals surface area contributed by atoms with Crippen LogP contribution in [0.2, 0.25) is 0 Å². The topological polar surface area (TPSA) is 325 Å². The van der Waals surface area contributed by atoms with E-state index in [-0.39, 0.29) is 38.1 Å². The molecule has 0 aromatic carbocycles. The van der Waals surface area contributed by atoms with Crippen molar-refractivity contribution in [2.75, 3.05) is 26.2 Å². The summed E-state index contributed by atoms with van der Waals surface area (Å²) >= 11 is 0. The molecule has 0 radical (unpaired) electrons. The molecule has 0 aromatic heterocycles. The smallest absolute Gasteiger partial charge is 0.322 e. The lowest BCUT2D eigenvalue weighted by molar-refractivity contribution is -0.139. The minimum atomic E-state index is -1.52. The van der Waals surface area contributed by atoms with Gasteiger partial charge in [-0.25, -0.2) is 0 Å². The number of primary amides is 1. The standard InChI is InChI=1S/C27H44N8O12/c1-13(2)7-18(26(46)32-12-23(42)43)34-21(39)11-30-24(44)15(4-6-22(40)41)35-27(47)16(3-5-19(28)37)33-20(38)10-31-25(45)17-8-14(36)9-29-17/h13-18,29,36H,3-12H2,1-2H3,(H2,28,37)(H,30,44)(H,31,45)(H,32,46)(H,33,38)(H,34,39)(H,35,47)(H,40,41)(H,42,43)/t14-,15+,16+,17+,18+/m1/s1. The third kappa shape index (κ3) is 16.9. The van der Waals surface area contributed by atoms with E-state index in [1.54, 1.807) is 13.8 Å².